The Morgan fingerprint density at radius 3 is 2.70 bits per heavy atom. The monoisotopic (exact) mass is 331 g/mol. The molecule has 0 aliphatic rings. The molecule has 1 N–H and O–H groups in total. The lowest BCUT2D eigenvalue weighted by Gasteiger charge is -2.02. The fourth-order valence-corrected chi connectivity index (χ4v) is 2.40. The zero-order valence-electron chi connectivity index (χ0n) is 12.4. The lowest BCUT2D eigenvalue weighted by molar-refractivity contribution is 0.102. The number of nitrogens with zero attached hydrogens (tertiary/aromatic N) is 4. The van der Waals surface area contributed by atoms with Crippen LogP contribution in [0.15, 0.2) is 28.7 Å². The molecule has 2 heterocycles. The van der Waals surface area contributed by atoms with Gasteiger partial charge in [0, 0.05) is 5.56 Å². The van der Waals surface area contributed by atoms with E-state index in [1.807, 2.05) is 19.1 Å². The minimum atomic E-state index is -0.376. The van der Waals surface area contributed by atoms with Crippen LogP contribution in [-0.2, 0) is 0 Å². The lowest BCUT2D eigenvalue weighted by Crippen LogP contribution is -2.11. The van der Waals surface area contributed by atoms with E-state index < -0.39 is 0 Å². The van der Waals surface area contributed by atoms with Gasteiger partial charge in [-0.05, 0) is 49.6 Å². The first-order chi connectivity index (χ1) is 11.2. The molecule has 0 aliphatic heterocycles. The Labute approximate surface area is 135 Å². The van der Waals surface area contributed by atoms with Crippen molar-refractivity contribution >= 4 is 23.5 Å². The van der Waals surface area contributed by atoms with Crippen molar-refractivity contribution in [2.24, 2.45) is 0 Å². The van der Waals surface area contributed by atoms with Gasteiger partial charge in [0.25, 0.3) is 5.91 Å². The van der Waals surface area contributed by atoms with Crippen LogP contribution in [0.25, 0.3) is 11.5 Å². The fourth-order valence-electron chi connectivity index (χ4n) is 1.84. The molecule has 1 aromatic carbocycles. The second-order valence-electron chi connectivity index (χ2n) is 4.51. The molecule has 3 aromatic rings. The van der Waals surface area contributed by atoms with Gasteiger partial charge in [-0.25, -0.2) is 0 Å². The molecule has 3 rings (SSSR count). The zero-order chi connectivity index (χ0) is 16.2. The van der Waals surface area contributed by atoms with Gasteiger partial charge in [-0.2, -0.15) is 0 Å². The summed E-state index contributed by atoms with van der Waals surface area (Å²) in [6, 6.07) is 7.26. The summed E-state index contributed by atoms with van der Waals surface area (Å²) in [5.74, 6) is 0.694. The molecule has 2 aromatic heterocycles. The molecule has 0 spiro atoms. The van der Waals surface area contributed by atoms with Gasteiger partial charge in [-0.1, -0.05) is 9.59 Å². The molecule has 9 heteroatoms. The minimum absolute atomic E-state index is 0.0201. The van der Waals surface area contributed by atoms with Gasteiger partial charge in [-0.15, -0.1) is 10.2 Å². The van der Waals surface area contributed by atoms with Crippen molar-refractivity contribution in [3.05, 3.63) is 34.8 Å². The van der Waals surface area contributed by atoms with Crippen molar-refractivity contribution in [3.8, 4) is 17.2 Å². The number of rotatable bonds is 5. The highest BCUT2D eigenvalue weighted by Crippen LogP contribution is 2.23. The number of hydrogen-bond donors (Lipinski definition) is 1. The molecule has 0 bridgehead atoms. The fraction of sp³-hybridized carbons (Fsp3) is 0.214. The van der Waals surface area contributed by atoms with Crippen LogP contribution >= 0.6 is 11.5 Å². The highest BCUT2D eigenvalue weighted by molar-refractivity contribution is 7.08. The van der Waals surface area contributed by atoms with Crippen molar-refractivity contribution in [1.29, 1.82) is 0 Å². The number of carbonyl (C=O) groups excluding carboxylic acids is 1. The maximum Gasteiger partial charge on any atom is 0.322 e. The second kappa shape index (κ2) is 6.53. The molecule has 0 radical (unpaired) electrons. The summed E-state index contributed by atoms with van der Waals surface area (Å²) in [4.78, 5) is 12.4. The van der Waals surface area contributed by atoms with Gasteiger partial charge >= 0.3 is 6.01 Å². The van der Waals surface area contributed by atoms with E-state index in [0.717, 1.165) is 22.8 Å². The predicted molar refractivity (Wildman–Crippen MR) is 83.5 cm³/mol. The highest BCUT2D eigenvalue weighted by atomic mass is 32.1. The third kappa shape index (κ3) is 3.34. The topological polar surface area (TPSA) is 103 Å². The van der Waals surface area contributed by atoms with Gasteiger partial charge in [0.05, 0.1) is 12.3 Å². The molecule has 0 saturated carbocycles. The largest absolute Gasteiger partial charge is 0.494 e. The van der Waals surface area contributed by atoms with Crippen molar-refractivity contribution in [1.82, 2.24) is 19.8 Å². The molecule has 0 unspecified atom stereocenters. The third-order valence-electron chi connectivity index (χ3n) is 2.92. The minimum Gasteiger partial charge on any atom is -0.494 e. The van der Waals surface area contributed by atoms with E-state index in [1.165, 1.54) is 0 Å². The summed E-state index contributed by atoms with van der Waals surface area (Å²) >= 11 is 1.01. The van der Waals surface area contributed by atoms with Crippen LogP contribution in [0.2, 0.25) is 0 Å². The van der Waals surface area contributed by atoms with Crippen molar-refractivity contribution in [3.63, 3.8) is 0 Å². The SMILES string of the molecule is CCOc1ccc(-c2nnc(NC(=O)c3snnc3C)o2)cc1. The first kappa shape index (κ1) is 15.1. The first-order valence-electron chi connectivity index (χ1n) is 6.84. The number of nitrogens with one attached hydrogen (secondary N) is 1. The number of benzene rings is 1. The normalized spacial score (nSPS) is 10.5. The molecule has 8 nitrogen and oxygen atoms in total. The van der Waals surface area contributed by atoms with E-state index in [-0.39, 0.29) is 11.9 Å². The van der Waals surface area contributed by atoms with E-state index in [9.17, 15) is 4.79 Å². The van der Waals surface area contributed by atoms with E-state index in [4.69, 9.17) is 9.15 Å². The molecule has 118 valence electrons. The van der Waals surface area contributed by atoms with Gasteiger partial charge in [0.1, 0.15) is 10.6 Å². The summed E-state index contributed by atoms with van der Waals surface area (Å²) < 4.78 is 14.5. The van der Waals surface area contributed by atoms with Gasteiger partial charge < -0.3 is 9.15 Å². The number of aromatic nitrogens is 4. The standard InChI is InChI=1S/C14H13N5O3S/c1-3-21-10-6-4-9(5-7-10)13-17-18-14(22-13)15-12(20)11-8(2)16-19-23-11/h4-7H,3H2,1-2H3,(H,15,18,20). The maximum absolute atomic E-state index is 12.0. The van der Waals surface area contributed by atoms with Crippen molar-refractivity contribution in [2.45, 2.75) is 13.8 Å². The van der Waals surface area contributed by atoms with Crippen LogP contribution in [0.3, 0.4) is 0 Å². The first-order valence-corrected chi connectivity index (χ1v) is 7.61. The molecular weight excluding hydrogens is 318 g/mol. The Hall–Kier alpha value is -2.81. The van der Waals surface area contributed by atoms with Gasteiger partial charge in [0.2, 0.25) is 5.89 Å². The quantitative estimate of drug-likeness (QED) is 0.766. The molecule has 0 saturated heterocycles. The number of aryl methyl sites for hydroxylation is 1. The third-order valence-corrected chi connectivity index (χ3v) is 3.74. The lowest BCUT2D eigenvalue weighted by atomic mass is 10.2. The summed E-state index contributed by atoms with van der Waals surface area (Å²) in [5.41, 5.74) is 1.29. The van der Waals surface area contributed by atoms with Crippen LogP contribution in [0, 0.1) is 6.92 Å². The average molecular weight is 331 g/mol. The van der Waals surface area contributed by atoms with E-state index in [0.29, 0.717) is 23.1 Å². The van der Waals surface area contributed by atoms with Gasteiger partial charge in [0.15, 0.2) is 0 Å². The Morgan fingerprint density at radius 1 is 1.26 bits per heavy atom. The summed E-state index contributed by atoms with van der Waals surface area (Å²) in [5, 5.41) is 14.1. The highest BCUT2D eigenvalue weighted by Gasteiger charge is 2.17. The second-order valence-corrected chi connectivity index (χ2v) is 5.27. The van der Waals surface area contributed by atoms with E-state index in [1.54, 1.807) is 19.1 Å². The average Bonchev–Trinajstić information content (AvgIpc) is 3.17. The smallest absolute Gasteiger partial charge is 0.322 e. The predicted octanol–water partition coefficient (Wildman–Crippen LogP) is 2.55. The number of carbonyl (C=O) groups is 1. The summed E-state index contributed by atoms with van der Waals surface area (Å²) in [6.45, 7) is 4.22. The summed E-state index contributed by atoms with van der Waals surface area (Å²) in [7, 11) is 0. The van der Waals surface area contributed by atoms with E-state index >= 15 is 0 Å². The van der Waals surface area contributed by atoms with Crippen LogP contribution < -0.4 is 10.1 Å². The molecule has 0 aliphatic carbocycles. The molecular formula is C14H13N5O3S. The van der Waals surface area contributed by atoms with Crippen molar-refractivity contribution in [2.75, 3.05) is 11.9 Å². The Balaban J connectivity index is 1.73. The van der Waals surface area contributed by atoms with Crippen LogP contribution in [0.5, 0.6) is 5.75 Å². The molecule has 0 fully saturated rings. The van der Waals surface area contributed by atoms with Crippen molar-refractivity contribution < 1.29 is 13.9 Å². The van der Waals surface area contributed by atoms with Gasteiger partial charge in [-0.3, -0.25) is 10.1 Å². The Bertz CT molecular complexity index is 812. The number of ether oxygens (including phenoxy) is 1. The molecule has 0 atom stereocenters. The number of amides is 1. The van der Waals surface area contributed by atoms with Crippen LogP contribution in [0.1, 0.15) is 22.3 Å². The number of hydrogen-bond acceptors (Lipinski definition) is 8. The van der Waals surface area contributed by atoms with E-state index in [2.05, 4.69) is 25.1 Å². The van der Waals surface area contributed by atoms with Crippen LogP contribution in [0.4, 0.5) is 6.01 Å². The Morgan fingerprint density at radius 2 is 2.04 bits per heavy atom. The molecule has 23 heavy (non-hydrogen) atoms. The summed E-state index contributed by atoms with van der Waals surface area (Å²) in [6.07, 6.45) is 0. The Kier molecular flexibility index (Phi) is 4.29. The van der Waals surface area contributed by atoms with Crippen LogP contribution in [-0.4, -0.2) is 32.3 Å². The number of anilines is 1. The maximum atomic E-state index is 12.0. The molecule has 1 amide bonds. The zero-order valence-corrected chi connectivity index (χ0v) is 13.3.